The van der Waals surface area contributed by atoms with Crippen LogP contribution in [0, 0.1) is 6.92 Å². The van der Waals surface area contributed by atoms with Gasteiger partial charge in [0.05, 0.1) is 31.9 Å². The number of rotatable bonds is 7. The Morgan fingerprint density at radius 1 is 0.935 bits per heavy atom. The fourth-order valence-corrected chi connectivity index (χ4v) is 6.39. The van der Waals surface area contributed by atoms with E-state index in [1.165, 1.54) is 37.3 Å². The van der Waals surface area contributed by atoms with Crippen molar-refractivity contribution in [2.24, 2.45) is 0 Å². The molecule has 8 nitrogen and oxygen atoms in total. The molecule has 3 rings (SSSR count). The van der Waals surface area contributed by atoms with Crippen LogP contribution in [0.3, 0.4) is 0 Å². The summed E-state index contributed by atoms with van der Waals surface area (Å²) in [4.78, 5) is 11.1. The first-order chi connectivity index (χ1) is 14.4. The molecule has 0 unspecified atom stereocenters. The van der Waals surface area contributed by atoms with Crippen LogP contribution in [0.5, 0.6) is 0 Å². The summed E-state index contributed by atoms with van der Waals surface area (Å²) >= 11 is 13.0. The summed E-state index contributed by atoms with van der Waals surface area (Å²) < 4.78 is 55.7. The van der Waals surface area contributed by atoms with Crippen molar-refractivity contribution in [3.63, 3.8) is 0 Å². The van der Waals surface area contributed by atoms with E-state index in [1.807, 2.05) is 0 Å². The molecular formula is C18H14Cl2N2O6S3. The summed E-state index contributed by atoms with van der Waals surface area (Å²) in [6.07, 6.45) is 0. The first kappa shape index (κ1) is 23.4. The summed E-state index contributed by atoms with van der Waals surface area (Å²) in [5.74, 6) is -1.28. The number of anilines is 2. The van der Waals surface area contributed by atoms with E-state index in [0.29, 0.717) is 0 Å². The molecule has 0 saturated carbocycles. The van der Waals surface area contributed by atoms with Crippen molar-refractivity contribution in [2.75, 3.05) is 9.44 Å². The van der Waals surface area contributed by atoms with Gasteiger partial charge < -0.3 is 5.11 Å². The molecule has 0 aliphatic heterocycles. The molecule has 1 heterocycles. The smallest absolute Gasteiger partial charge is 0.335 e. The van der Waals surface area contributed by atoms with Gasteiger partial charge in [-0.3, -0.25) is 9.44 Å². The molecule has 0 saturated heterocycles. The molecule has 164 valence electrons. The Labute approximate surface area is 192 Å². The molecule has 0 aliphatic rings. The Hall–Kier alpha value is -2.31. The fraction of sp³-hybridized carbons (Fsp3) is 0.0556. The fourth-order valence-electron chi connectivity index (χ4n) is 2.66. The maximum absolute atomic E-state index is 13.0. The Balaban J connectivity index is 2.07. The van der Waals surface area contributed by atoms with E-state index in [9.17, 15) is 26.7 Å². The summed E-state index contributed by atoms with van der Waals surface area (Å²) in [6, 6.07) is 9.07. The topological polar surface area (TPSA) is 130 Å². The number of halogens is 2. The molecular weight excluding hydrogens is 507 g/mol. The molecule has 3 N–H and O–H groups in total. The number of carboxylic acid groups (broad SMARTS) is 1. The molecule has 0 fully saturated rings. The molecule has 0 atom stereocenters. The molecule has 3 aromatic rings. The molecule has 13 heteroatoms. The molecule has 0 bridgehead atoms. The Morgan fingerprint density at radius 2 is 1.52 bits per heavy atom. The second kappa shape index (κ2) is 8.67. The maximum Gasteiger partial charge on any atom is 0.335 e. The normalized spacial score (nSPS) is 11.8. The lowest BCUT2D eigenvalue weighted by Crippen LogP contribution is -2.18. The molecule has 0 radical (unpaired) electrons. The molecule has 1 aromatic heterocycles. The van der Waals surface area contributed by atoms with Gasteiger partial charge in [0.15, 0.2) is 0 Å². The monoisotopic (exact) mass is 520 g/mol. The Kier molecular flexibility index (Phi) is 6.53. The minimum absolute atomic E-state index is 0.00227. The highest BCUT2D eigenvalue weighted by molar-refractivity contribution is 7.94. The lowest BCUT2D eigenvalue weighted by atomic mass is 10.1. The van der Waals surface area contributed by atoms with Crippen molar-refractivity contribution in [1.29, 1.82) is 0 Å². The van der Waals surface area contributed by atoms with E-state index in [2.05, 4.69) is 9.44 Å². The highest BCUT2D eigenvalue weighted by Gasteiger charge is 2.24. The number of hydrogen-bond donors (Lipinski definition) is 3. The van der Waals surface area contributed by atoms with E-state index in [1.54, 1.807) is 11.4 Å². The zero-order valence-electron chi connectivity index (χ0n) is 15.6. The van der Waals surface area contributed by atoms with Crippen molar-refractivity contribution >= 4 is 71.9 Å². The zero-order chi connectivity index (χ0) is 23.0. The van der Waals surface area contributed by atoms with Gasteiger partial charge in [-0.1, -0.05) is 35.3 Å². The lowest BCUT2D eigenvalue weighted by Gasteiger charge is -2.16. The molecule has 0 spiro atoms. The minimum Gasteiger partial charge on any atom is -0.478 e. The largest absolute Gasteiger partial charge is 0.478 e. The zero-order valence-corrected chi connectivity index (χ0v) is 19.5. The van der Waals surface area contributed by atoms with Crippen molar-refractivity contribution < 1.29 is 26.7 Å². The average Bonchev–Trinajstić information content (AvgIpc) is 3.21. The second-order valence-electron chi connectivity index (χ2n) is 6.19. The van der Waals surface area contributed by atoms with Gasteiger partial charge in [0, 0.05) is 0 Å². The van der Waals surface area contributed by atoms with Gasteiger partial charge in [-0.2, -0.15) is 0 Å². The number of nitrogens with one attached hydrogen (secondary N) is 2. The SMILES string of the molecule is Cc1c(C(=O)O)cccc1S(=O)(=O)Nc1cc(Cl)c(Cl)cc1NS(=O)(=O)c1cccs1. The maximum atomic E-state index is 13.0. The van der Waals surface area contributed by atoms with Gasteiger partial charge in [0.1, 0.15) is 4.21 Å². The van der Waals surface area contributed by atoms with Gasteiger partial charge in [-0.05, 0) is 48.2 Å². The first-order valence-corrected chi connectivity index (χ1v) is 12.9. The number of sulfonamides is 2. The molecule has 2 aromatic carbocycles. The second-order valence-corrected chi connectivity index (χ2v) is 11.5. The van der Waals surface area contributed by atoms with E-state index >= 15 is 0 Å². The van der Waals surface area contributed by atoms with Crippen LogP contribution in [0.2, 0.25) is 10.0 Å². The van der Waals surface area contributed by atoms with Crippen molar-refractivity contribution in [1.82, 2.24) is 0 Å². The van der Waals surface area contributed by atoms with Crippen LogP contribution < -0.4 is 9.44 Å². The van der Waals surface area contributed by atoms with E-state index in [-0.39, 0.29) is 41.7 Å². The van der Waals surface area contributed by atoms with Crippen LogP contribution >= 0.6 is 34.5 Å². The highest BCUT2D eigenvalue weighted by atomic mass is 35.5. The average molecular weight is 521 g/mol. The van der Waals surface area contributed by atoms with Crippen molar-refractivity contribution in [2.45, 2.75) is 16.0 Å². The number of hydrogen-bond acceptors (Lipinski definition) is 6. The van der Waals surface area contributed by atoms with Crippen molar-refractivity contribution in [3.05, 3.63) is 69.0 Å². The quantitative estimate of drug-likeness (QED) is 0.415. The predicted molar refractivity (Wildman–Crippen MR) is 121 cm³/mol. The number of carboxylic acids is 1. The van der Waals surface area contributed by atoms with E-state index in [0.717, 1.165) is 17.4 Å². The van der Waals surface area contributed by atoms with Gasteiger partial charge in [-0.15, -0.1) is 11.3 Å². The van der Waals surface area contributed by atoms with Crippen LogP contribution in [0.4, 0.5) is 11.4 Å². The third kappa shape index (κ3) is 4.96. The van der Waals surface area contributed by atoms with Crippen LogP contribution in [-0.4, -0.2) is 27.9 Å². The number of carbonyl (C=O) groups is 1. The molecule has 31 heavy (non-hydrogen) atoms. The summed E-state index contributed by atoms with van der Waals surface area (Å²) in [6.45, 7) is 1.35. The van der Waals surface area contributed by atoms with Crippen molar-refractivity contribution in [3.8, 4) is 0 Å². The Morgan fingerprint density at radius 3 is 2.03 bits per heavy atom. The van der Waals surface area contributed by atoms with E-state index < -0.39 is 26.0 Å². The first-order valence-electron chi connectivity index (χ1n) is 8.33. The molecule has 0 aliphatic carbocycles. The number of benzene rings is 2. The van der Waals surface area contributed by atoms with Gasteiger partial charge >= 0.3 is 5.97 Å². The van der Waals surface area contributed by atoms with Crippen LogP contribution in [-0.2, 0) is 20.0 Å². The lowest BCUT2D eigenvalue weighted by molar-refractivity contribution is 0.0695. The van der Waals surface area contributed by atoms with Crippen LogP contribution in [0.1, 0.15) is 15.9 Å². The third-order valence-electron chi connectivity index (χ3n) is 4.11. The number of aromatic carboxylic acids is 1. The van der Waals surface area contributed by atoms with Gasteiger partial charge in [0.25, 0.3) is 20.0 Å². The van der Waals surface area contributed by atoms with Crippen LogP contribution in [0.25, 0.3) is 0 Å². The Bertz CT molecular complexity index is 1370. The van der Waals surface area contributed by atoms with Gasteiger partial charge in [-0.25, -0.2) is 21.6 Å². The predicted octanol–water partition coefficient (Wildman–Crippen LogP) is 4.66. The van der Waals surface area contributed by atoms with E-state index in [4.69, 9.17) is 23.2 Å². The molecule has 0 amide bonds. The number of thiophene rings is 1. The standard InChI is InChI=1S/C18H14Cl2N2O6S3/c1-10-11(18(23)24)4-2-5-16(10)30(25,26)21-14-8-12(19)13(20)9-15(14)22-31(27,28)17-6-3-7-29-17/h2-9,21-22H,1H3,(H,23,24). The summed E-state index contributed by atoms with van der Waals surface area (Å²) in [5, 5.41) is 10.8. The summed E-state index contributed by atoms with van der Waals surface area (Å²) in [7, 11) is -8.32. The minimum atomic E-state index is -4.31. The third-order valence-corrected chi connectivity index (χ3v) is 9.11. The highest BCUT2D eigenvalue weighted by Crippen LogP contribution is 2.36. The summed E-state index contributed by atoms with van der Waals surface area (Å²) in [5.41, 5.74) is -0.507. The van der Waals surface area contributed by atoms with Crippen LogP contribution in [0.15, 0.2) is 56.9 Å². The van der Waals surface area contributed by atoms with Gasteiger partial charge in [0.2, 0.25) is 0 Å².